The minimum Gasteiger partial charge on any atom is -0.381 e. The molecule has 1 amide bonds. The number of hydrogen-bond acceptors (Lipinski definition) is 4. The lowest BCUT2D eigenvalue weighted by Crippen LogP contribution is -2.57. The molecule has 0 saturated carbocycles. The monoisotopic (exact) mass is 344 g/mol. The normalized spacial score (nSPS) is 18.0. The van der Waals surface area contributed by atoms with E-state index in [1.54, 1.807) is 0 Å². The maximum Gasteiger partial charge on any atom is 0.261 e. The SMILES string of the molecule is CC(NC1(CNC(=O)c2cccs2)CCOCC1)c1ccccc1. The van der Waals surface area contributed by atoms with Crippen LogP contribution in [0.15, 0.2) is 47.8 Å². The van der Waals surface area contributed by atoms with Gasteiger partial charge in [0, 0.05) is 31.3 Å². The molecule has 1 aromatic carbocycles. The molecule has 3 rings (SSSR count). The van der Waals surface area contributed by atoms with E-state index in [-0.39, 0.29) is 17.5 Å². The van der Waals surface area contributed by atoms with Gasteiger partial charge in [0.15, 0.2) is 0 Å². The molecule has 1 aromatic heterocycles. The summed E-state index contributed by atoms with van der Waals surface area (Å²) in [5.41, 5.74) is 1.13. The number of amides is 1. The first-order valence-corrected chi connectivity index (χ1v) is 9.29. The summed E-state index contributed by atoms with van der Waals surface area (Å²) in [6.07, 6.45) is 1.80. The van der Waals surface area contributed by atoms with Gasteiger partial charge >= 0.3 is 0 Å². The number of benzene rings is 1. The topological polar surface area (TPSA) is 50.4 Å². The Balaban J connectivity index is 1.67. The van der Waals surface area contributed by atoms with Gasteiger partial charge in [-0.15, -0.1) is 11.3 Å². The Kier molecular flexibility index (Phi) is 5.66. The van der Waals surface area contributed by atoms with E-state index in [9.17, 15) is 4.79 Å². The van der Waals surface area contributed by atoms with Crippen molar-refractivity contribution in [3.05, 3.63) is 58.3 Å². The first-order chi connectivity index (χ1) is 11.7. The smallest absolute Gasteiger partial charge is 0.261 e. The minimum atomic E-state index is -0.125. The molecule has 4 nitrogen and oxygen atoms in total. The highest BCUT2D eigenvalue weighted by Crippen LogP contribution is 2.25. The van der Waals surface area contributed by atoms with Crippen molar-refractivity contribution in [2.75, 3.05) is 19.8 Å². The van der Waals surface area contributed by atoms with Gasteiger partial charge in [0.1, 0.15) is 0 Å². The molecule has 2 heterocycles. The Morgan fingerprint density at radius 1 is 1.21 bits per heavy atom. The third kappa shape index (κ3) is 4.23. The van der Waals surface area contributed by atoms with Crippen LogP contribution in [0.25, 0.3) is 0 Å². The molecule has 5 heteroatoms. The number of carbonyl (C=O) groups is 1. The summed E-state index contributed by atoms with van der Waals surface area (Å²) >= 11 is 1.47. The lowest BCUT2D eigenvalue weighted by atomic mass is 9.88. The highest BCUT2D eigenvalue weighted by atomic mass is 32.1. The zero-order chi connectivity index (χ0) is 16.8. The average Bonchev–Trinajstić information content (AvgIpc) is 3.16. The third-order valence-corrected chi connectivity index (χ3v) is 5.47. The molecular formula is C19H24N2O2S. The molecule has 0 spiro atoms. The maximum atomic E-state index is 12.3. The molecule has 1 atom stereocenters. The molecule has 128 valence electrons. The van der Waals surface area contributed by atoms with Crippen LogP contribution in [0.3, 0.4) is 0 Å². The van der Waals surface area contributed by atoms with Crippen molar-refractivity contribution in [1.82, 2.24) is 10.6 Å². The zero-order valence-corrected chi connectivity index (χ0v) is 14.8. The number of ether oxygens (including phenoxy) is 1. The average molecular weight is 344 g/mol. The molecule has 2 aromatic rings. The first-order valence-electron chi connectivity index (χ1n) is 8.41. The predicted molar refractivity (Wildman–Crippen MR) is 97.4 cm³/mol. The largest absolute Gasteiger partial charge is 0.381 e. The van der Waals surface area contributed by atoms with Crippen LogP contribution in [-0.4, -0.2) is 31.2 Å². The van der Waals surface area contributed by atoms with Crippen LogP contribution < -0.4 is 10.6 Å². The fourth-order valence-corrected chi connectivity index (χ4v) is 3.80. The van der Waals surface area contributed by atoms with Crippen molar-refractivity contribution in [3.8, 4) is 0 Å². The van der Waals surface area contributed by atoms with Gasteiger partial charge in [-0.1, -0.05) is 36.4 Å². The van der Waals surface area contributed by atoms with E-state index < -0.39 is 0 Å². The summed E-state index contributed by atoms with van der Waals surface area (Å²) in [6, 6.07) is 14.4. The van der Waals surface area contributed by atoms with Gasteiger partial charge in [0.25, 0.3) is 5.91 Å². The molecule has 1 unspecified atom stereocenters. The lowest BCUT2D eigenvalue weighted by Gasteiger charge is -2.40. The van der Waals surface area contributed by atoms with Crippen molar-refractivity contribution >= 4 is 17.2 Å². The van der Waals surface area contributed by atoms with E-state index in [4.69, 9.17) is 4.74 Å². The van der Waals surface area contributed by atoms with Crippen LogP contribution in [0.5, 0.6) is 0 Å². The van der Waals surface area contributed by atoms with Crippen molar-refractivity contribution in [2.45, 2.75) is 31.3 Å². The van der Waals surface area contributed by atoms with Gasteiger partial charge in [-0.05, 0) is 36.8 Å². The fourth-order valence-electron chi connectivity index (χ4n) is 3.16. The number of rotatable bonds is 6. The standard InChI is InChI=1S/C19H24N2O2S/c1-15(16-6-3-2-4-7-16)21-19(9-11-23-12-10-19)14-20-18(22)17-8-5-13-24-17/h2-8,13,15,21H,9-12,14H2,1H3,(H,20,22). The van der Waals surface area contributed by atoms with Crippen LogP contribution >= 0.6 is 11.3 Å². The van der Waals surface area contributed by atoms with Crippen molar-refractivity contribution in [3.63, 3.8) is 0 Å². The Bertz CT molecular complexity index is 637. The van der Waals surface area contributed by atoms with Crippen LogP contribution in [0.1, 0.15) is 41.0 Å². The molecule has 1 fully saturated rings. The summed E-state index contributed by atoms with van der Waals surface area (Å²) in [5, 5.41) is 8.79. The van der Waals surface area contributed by atoms with Gasteiger partial charge in [-0.25, -0.2) is 0 Å². The van der Waals surface area contributed by atoms with Gasteiger partial charge in [0.05, 0.1) is 4.88 Å². The lowest BCUT2D eigenvalue weighted by molar-refractivity contribution is 0.0332. The van der Waals surface area contributed by atoms with Gasteiger partial charge in [-0.3, -0.25) is 4.79 Å². The van der Waals surface area contributed by atoms with Crippen LogP contribution in [0.2, 0.25) is 0 Å². The van der Waals surface area contributed by atoms with Gasteiger partial charge in [-0.2, -0.15) is 0 Å². The number of thiophene rings is 1. The Morgan fingerprint density at radius 3 is 2.62 bits per heavy atom. The van der Waals surface area contributed by atoms with Gasteiger partial charge in [0.2, 0.25) is 0 Å². The minimum absolute atomic E-state index is 0.00466. The summed E-state index contributed by atoms with van der Waals surface area (Å²) in [7, 11) is 0. The number of nitrogens with one attached hydrogen (secondary N) is 2. The second kappa shape index (κ2) is 7.92. The number of hydrogen-bond donors (Lipinski definition) is 2. The van der Waals surface area contributed by atoms with Crippen molar-refractivity contribution in [2.24, 2.45) is 0 Å². The van der Waals surface area contributed by atoms with Crippen LogP contribution in [0.4, 0.5) is 0 Å². The van der Waals surface area contributed by atoms with E-state index in [0.29, 0.717) is 6.54 Å². The quantitative estimate of drug-likeness (QED) is 0.845. The van der Waals surface area contributed by atoms with Crippen LogP contribution in [0, 0.1) is 0 Å². The molecule has 2 N–H and O–H groups in total. The van der Waals surface area contributed by atoms with E-state index >= 15 is 0 Å². The molecule has 0 bridgehead atoms. The molecule has 1 saturated heterocycles. The zero-order valence-electron chi connectivity index (χ0n) is 14.0. The second-order valence-corrected chi connectivity index (χ2v) is 7.28. The third-order valence-electron chi connectivity index (χ3n) is 4.60. The molecular weight excluding hydrogens is 320 g/mol. The van der Waals surface area contributed by atoms with Gasteiger partial charge < -0.3 is 15.4 Å². The Labute approximate surface area is 147 Å². The highest BCUT2D eigenvalue weighted by Gasteiger charge is 2.34. The Morgan fingerprint density at radius 2 is 1.96 bits per heavy atom. The maximum absolute atomic E-state index is 12.3. The van der Waals surface area contributed by atoms with E-state index in [1.807, 2.05) is 23.6 Å². The molecule has 0 aliphatic carbocycles. The number of carbonyl (C=O) groups excluding carboxylic acids is 1. The van der Waals surface area contributed by atoms with Crippen LogP contribution in [-0.2, 0) is 4.74 Å². The predicted octanol–water partition coefficient (Wildman–Crippen LogP) is 3.38. The van der Waals surface area contributed by atoms with Crippen molar-refractivity contribution in [1.29, 1.82) is 0 Å². The second-order valence-electron chi connectivity index (χ2n) is 6.33. The van der Waals surface area contributed by atoms with E-state index in [1.165, 1.54) is 16.9 Å². The molecule has 24 heavy (non-hydrogen) atoms. The summed E-state index contributed by atoms with van der Waals surface area (Å²) in [5.74, 6) is 0.00466. The molecule has 0 radical (unpaired) electrons. The fraction of sp³-hybridized carbons (Fsp3) is 0.421. The first kappa shape index (κ1) is 17.1. The highest BCUT2D eigenvalue weighted by molar-refractivity contribution is 7.12. The van der Waals surface area contributed by atoms with E-state index in [0.717, 1.165) is 30.9 Å². The molecule has 1 aliphatic rings. The van der Waals surface area contributed by atoms with E-state index in [2.05, 4.69) is 41.8 Å². The summed E-state index contributed by atoms with van der Waals surface area (Å²) in [6.45, 7) is 4.24. The van der Waals surface area contributed by atoms with Crippen molar-refractivity contribution < 1.29 is 9.53 Å². The summed E-state index contributed by atoms with van der Waals surface area (Å²) in [4.78, 5) is 13.0. The Hall–Kier alpha value is -1.69. The molecule has 1 aliphatic heterocycles. The summed E-state index contributed by atoms with van der Waals surface area (Å²) < 4.78 is 5.54.